The minimum Gasteiger partial charge on any atom is -0.507 e. The molecule has 0 unspecified atom stereocenters. The van der Waals surface area contributed by atoms with Crippen LogP contribution >= 0.6 is 27.7 Å². The fraction of sp³-hybridized carbons (Fsp3) is 0.125. The van der Waals surface area contributed by atoms with Crippen LogP contribution in [0.25, 0.3) is 6.08 Å². The largest absolute Gasteiger partial charge is 0.507 e. The third-order valence-corrected chi connectivity index (χ3v) is 6.40. The number of aromatic hydroxyl groups is 2. The van der Waals surface area contributed by atoms with E-state index in [2.05, 4.69) is 26.1 Å². The second-order valence-electron chi connectivity index (χ2n) is 7.19. The summed E-state index contributed by atoms with van der Waals surface area (Å²) >= 11 is 4.49. The molecule has 1 amide bonds. The Bertz CT molecular complexity index is 1310. The van der Waals surface area contributed by atoms with Gasteiger partial charge in [0.15, 0.2) is 16.7 Å². The van der Waals surface area contributed by atoms with Gasteiger partial charge in [-0.05, 0) is 65.9 Å². The molecular weight excluding hydrogens is 538 g/mol. The van der Waals surface area contributed by atoms with Gasteiger partial charge in [0, 0.05) is 10.0 Å². The van der Waals surface area contributed by atoms with Crippen LogP contribution in [0.3, 0.4) is 0 Å². The van der Waals surface area contributed by atoms with Gasteiger partial charge in [-0.3, -0.25) is 9.69 Å². The predicted molar refractivity (Wildman–Crippen MR) is 137 cm³/mol. The monoisotopic (exact) mass is 557 g/mol. The fourth-order valence-corrected chi connectivity index (χ4v) is 4.51. The lowest BCUT2D eigenvalue weighted by molar-refractivity contribution is -0.122. The Morgan fingerprint density at radius 3 is 2.54 bits per heavy atom. The number of phenolic OH excluding ortho intramolecular Hbond substituents is 2. The number of benzene rings is 2. The number of carbonyl (C=O) groups is 1. The van der Waals surface area contributed by atoms with Crippen molar-refractivity contribution in [2.45, 2.75) is 6.54 Å². The summed E-state index contributed by atoms with van der Waals surface area (Å²) in [5, 5.41) is 28.8. The Labute approximate surface area is 213 Å². The van der Waals surface area contributed by atoms with Crippen LogP contribution in [-0.4, -0.2) is 46.6 Å². The number of ether oxygens (including phenoxy) is 2. The van der Waals surface area contributed by atoms with Gasteiger partial charge >= 0.3 is 0 Å². The zero-order valence-corrected chi connectivity index (χ0v) is 21.0. The summed E-state index contributed by atoms with van der Waals surface area (Å²) in [4.78, 5) is 15.1. The normalized spacial score (nSPS) is 16.1. The number of furan rings is 1. The highest BCUT2D eigenvalue weighted by molar-refractivity contribution is 9.10. The molecule has 2 aromatic carbocycles. The average Bonchev–Trinajstić information content (AvgIpc) is 3.46. The first kappa shape index (κ1) is 24.4. The second-order valence-corrected chi connectivity index (χ2v) is 9.11. The van der Waals surface area contributed by atoms with Gasteiger partial charge in [0.2, 0.25) is 5.75 Å². The van der Waals surface area contributed by atoms with Crippen LogP contribution in [0.4, 0.5) is 0 Å². The van der Waals surface area contributed by atoms with Crippen LogP contribution in [-0.2, 0) is 11.3 Å². The smallest absolute Gasteiger partial charge is 0.267 e. The second kappa shape index (κ2) is 10.7. The maximum Gasteiger partial charge on any atom is 0.267 e. The highest BCUT2D eigenvalue weighted by atomic mass is 79.9. The van der Waals surface area contributed by atoms with E-state index in [1.807, 2.05) is 0 Å². The molecule has 9 nitrogen and oxygen atoms in total. The highest BCUT2D eigenvalue weighted by Gasteiger charge is 2.34. The van der Waals surface area contributed by atoms with E-state index >= 15 is 0 Å². The number of halogens is 1. The molecule has 1 aliphatic rings. The van der Waals surface area contributed by atoms with Crippen molar-refractivity contribution in [1.82, 2.24) is 4.90 Å². The molecule has 2 heterocycles. The van der Waals surface area contributed by atoms with Crippen molar-refractivity contribution < 1.29 is 28.9 Å². The van der Waals surface area contributed by atoms with Crippen LogP contribution in [0, 0.1) is 0 Å². The Hall–Kier alpha value is -3.70. The Morgan fingerprint density at radius 2 is 1.89 bits per heavy atom. The van der Waals surface area contributed by atoms with Crippen molar-refractivity contribution in [2.24, 2.45) is 10.2 Å². The maximum absolute atomic E-state index is 13.3. The fourth-order valence-electron chi connectivity index (χ4n) is 3.20. The number of carbonyl (C=O) groups excluding carboxylic acids is 1. The summed E-state index contributed by atoms with van der Waals surface area (Å²) in [5.41, 5.74) is 1.06. The van der Waals surface area contributed by atoms with Crippen LogP contribution in [0.5, 0.6) is 23.0 Å². The number of nitrogens with zero attached hydrogens (tertiary/aromatic N) is 3. The zero-order valence-electron chi connectivity index (χ0n) is 18.6. The van der Waals surface area contributed by atoms with E-state index in [4.69, 9.17) is 13.9 Å². The van der Waals surface area contributed by atoms with Gasteiger partial charge in [0.05, 0.1) is 38.1 Å². The minimum atomic E-state index is -0.295. The summed E-state index contributed by atoms with van der Waals surface area (Å²) in [6.07, 6.45) is 4.58. The van der Waals surface area contributed by atoms with Crippen LogP contribution in [0.1, 0.15) is 16.9 Å². The van der Waals surface area contributed by atoms with Gasteiger partial charge in [0.1, 0.15) is 11.5 Å². The number of amides is 1. The van der Waals surface area contributed by atoms with Gasteiger partial charge in [-0.2, -0.15) is 5.10 Å². The topological polar surface area (TPSA) is 117 Å². The molecule has 2 N–H and O–H groups in total. The lowest BCUT2D eigenvalue weighted by Crippen LogP contribution is -2.28. The zero-order chi connectivity index (χ0) is 24.9. The van der Waals surface area contributed by atoms with Gasteiger partial charge in [-0.1, -0.05) is 15.9 Å². The average molecular weight is 558 g/mol. The molecule has 0 bridgehead atoms. The maximum atomic E-state index is 13.3. The molecule has 0 spiro atoms. The molecule has 0 aliphatic carbocycles. The minimum absolute atomic E-state index is 0.0514. The molecule has 11 heteroatoms. The summed E-state index contributed by atoms with van der Waals surface area (Å²) in [7, 11) is 2.86. The van der Waals surface area contributed by atoms with Crippen molar-refractivity contribution in [2.75, 3.05) is 14.2 Å². The number of hydrogen-bond donors (Lipinski definition) is 2. The molecule has 1 aliphatic heterocycles. The molecule has 0 saturated carbocycles. The molecule has 3 aromatic rings. The molecule has 1 saturated heterocycles. The molecule has 0 radical (unpaired) electrons. The third-order valence-electron chi connectivity index (χ3n) is 4.91. The van der Waals surface area contributed by atoms with E-state index in [-0.39, 0.29) is 35.4 Å². The standard InChI is InChI=1S/C24H20BrN3O6S/c1-32-19-8-14(9-20(33-2)22(19)30)10-21-23(31)28(13-17-4-3-7-34-17)24(35-21)27-26-12-15-11-16(25)5-6-18(15)29/h3-12,29-30H,13H2,1-2H3/b21-10-,26-12+,27-24-. The predicted octanol–water partition coefficient (Wildman–Crippen LogP) is 4.98. The van der Waals surface area contributed by atoms with E-state index in [9.17, 15) is 15.0 Å². The lowest BCUT2D eigenvalue weighted by Gasteiger charge is -2.12. The molecule has 0 atom stereocenters. The van der Waals surface area contributed by atoms with Crippen molar-refractivity contribution in [3.05, 3.63) is 75.0 Å². The molecule has 4 rings (SSSR count). The number of thioether (sulfide) groups is 1. The van der Waals surface area contributed by atoms with Crippen LogP contribution in [0.15, 0.2) is 72.7 Å². The van der Waals surface area contributed by atoms with Gasteiger partial charge in [-0.25, -0.2) is 0 Å². The first-order valence-electron chi connectivity index (χ1n) is 10.2. The molecule has 1 aromatic heterocycles. The SMILES string of the molecule is COc1cc(/C=C2\S/C(=N\N=C\c3cc(Br)ccc3O)N(Cc3ccco3)C2=O)cc(OC)c1O. The molecule has 180 valence electrons. The van der Waals surface area contributed by atoms with Gasteiger partial charge < -0.3 is 24.1 Å². The van der Waals surface area contributed by atoms with Crippen LogP contribution in [0.2, 0.25) is 0 Å². The molecule has 1 fully saturated rings. The lowest BCUT2D eigenvalue weighted by atomic mass is 10.1. The quantitative estimate of drug-likeness (QED) is 0.239. The number of methoxy groups -OCH3 is 2. The summed E-state index contributed by atoms with van der Waals surface area (Å²) in [6, 6.07) is 11.6. The van der Waals surface area contributed by atoms with Crippen molar-refractivity contribution >= 4 is 51.1 Å². The van der Waals surface area contributed by atoms with Crippen molar-refractivity contribution in [1.29, 1.82) is 0 Å². The van der Waals surface area contributed by atoms with E-state index in [1.165, 1.54) is 37.7 Å². The summed E-state index contributed by atoms with van der Waals surface area (Å²) in [5.74, 6) is 0.633. The van der Waals surface area contributed by atoms with Crippen LogP contribution < -0.4 is 9.47 Å². The number of amidine groups is 1. The number of phenols is 2. The van der Waals surface area contributed by atoms with Crippen molar-refractivity contribution in [3.63, 3.8) is 0 Å². The highest BCUT2D eigenvalue weighted by Crippen LogP contribution is 2.40. The molecule has 35 heavy (non-hydrogen) atoms. The van der Waals surface area contributed by atoms with E-state index in [0.717, 1.165) is 16.2 Å². The number of hydrogen-bond acceptors (Lipinski definition) is 9. The van der Waals surface area contributed by atoms with Crippen molar-refractivity contribution in [3.8, 4) is 23.0 Å². The first-order valence-corrected chi connectivity index (χ1v) is 11.8. The summed E-state index contributed by atoms with van der Waals surface area (Å²) in [6.45, 7) is 0.162. The molecular formula is C24H20BrN3O6S. The Kier molecular flexibility index (Phi) is 7.47. The third kappa shape index (κ3) is 5.52. The summed E-state index contributed by atoms with van der Waals surface area (Å²) < 4.78 is 16.6. The van der Waals surface area contributed by atoms with Gasteiger partial charge in [0.25, 0.3) is 5.91 Å². The Balaban J connectivity index is 1.68. The van der Waals surface area contributed by atoms with Gasteiger partial charge in [-0.15, -0.1) is 5.10 Å². The Morgan fingerprint density at radius 1 is 1.14 bits per heavy atom. The number of rotatable bonds is 7. The first-order chi connectivity index (χ1) is 16.9. The van der Waals surface area contributed by atoms with E-state index < -0.39 is 0 Å². The van der Waals surface area contributed by atoms with E-state index in [0.29, 0.717) is 27.0 Å². The van der Waals surface area contributed by atoms with E-state index in [1.54, 1.807) is 42.5 Å².